The first-order valence-electron chi connectivity index (χ1n) is 21.2. The molecule has 2 fully saturated rings. The highest BCUT2D eigenvalue weighted by molar-refractivity contribution is 6.36. The van der Waals surface area contributed by atoms with Crippen molar-refractivity contribution in [3.63, 3.8) is 0 Å². The summed E-state index contributed by atoms with van der Waals surface area (Å²) in [5.74, 6) is 0.529. The van der Waals surface area contributed by atoms with Crippen molar-refractivity contribution in [2.24, 2.45) is 0 Å². The van der Waals surface area contributed by atoms with E-state index >= 15 is 0 Å². The molecule has 2 saturated heterocycles. The van der Waals surface area contributed by atoms with Crippen molar-refractivity contribution in [2.75, 3.05) is 67.7 Å². The number of nitrogens with one attached hydrogen (secondary N) is 1. The third-order valence-electron chi connectivity index (χ3n) is 11.2. The van der Waals surface area contributed by atoms with Gasteiger partial charge in [0.15, 0.2) is 5.82 Å². The number of benzene rings is 2. The van der Waals surface area contributed by atoms with Gasteiger partial charge >= 0.3 is 0 Å². The van der Waals surface area contributed by atoms with Crippen molar-refractivity contribution < 1.29 is 18.3 Å². The van der Waals surface area contributed by atoms with Gasteiger partial charge in [-0.3, -0.25) is 9.97 Å². The van der Waals surface area contributed by atoms with Crippen LogP contribution in [0.15, 0.2) is 85.3 Å². The highest BCUT2D eigenvalue weighted by Crippen LogP contribution is 2.42. The van der Waals surface area contributed by atoms with Gasteiger partial charge in [0.25, 0.3) is 0 Å². The number of hydrogen-bond acceptors (Lipinski definition) is 10. The lowest BCUT2D eigenvalue weighted by molar-refractivity contribution is 0.122. The van der Waals surface area contributed by atoms with Crippen molar-refractivity contribution in [3.8, 4) is 22.8 Å². The molecule has 0 radical (unpaired) electrons. The number of aryl methyl sites for hydroxylation is 2. The molecule has 7 heterocycles. The molecule has 0 saturated carbocycles. The molecule has 0 spiro atoms. The van der Waals surface area contributed by atoms with E-state index in [0.717, 1.165) is 105 Å². The van der Waals surface area contributed by atoms with Gasteiger partial charge in [0.2, 0.25) is 0 Å². The summed E-state index contributed by atoms with van der Waals surface area (Å²) in [6.45, 7) is 18.3. The van der Waals surface area contributed by atoms with E-state index in [1.807, 2.05) is 50.4 Å². The second-order valence-electron chi connectivity index (χ2n) is 16.4. The summed E-state index contributed by atoms with van der Waals surface area (Å²) in [5, 5.41) is 6.04. The number of nitrogens with zero attached hydrogens (tertiary/aromatic N) is 7. The predicted molar refractivity (Wildman–Crippen MR) is 246 cm³/mol. The number of halogens is 3. The fourth-order valence-electron chi connectivity index (χ4n) is 8.11. The molecule has 2 aromatic carbocycles. The van der Waals surface area contributed by atoms with E-state index in [4.69, 9.17) is 31.0 Å². The first-order chi connectivity index (χ1) is 29.9. The molecule has 0 unspecified atom stereocenters. The number of morpholine rings is 2. The van der Waals surface area contributed by atoms with Crippen LogP contribution >= 0.6 is 11.6 Å². The Morgan fingerprint density at radius 3 is 1.69 bits per heavy atom. The molecule has 0 aliphatic carbocycles. The van der Waals surface area contributed by atoms with E-state index in [2.05, 4.69) is 63.8 Å². The Morgan fingerprint density at radius 2 is 1.15 bits per heavy atom. The number of fused-ring (bicyclic) bond motifs is 2. The van der Waals surface area contributed by atoms with Crippen LogP contribution in [-0.2, 0) is 9.47 Å². The zero-order valence-electron chi connectivity index (χ0n) is 36.0. The van der Waals surface area contributed by atoms with Gasteiger partial charge in [-0.2, -0.15) is 0 Å². The number of hydrogen-bond donors (Lipinski definition) is 1. The highest BCUT2D eigenvalue weighted by Gasteiger charge is 2.25. The Labute approximate surface area is 366 Å². The Kier molecular flexibility index (Phi) is 12.9. The maximum absolute atomic E-state index is 14.5. The monoisotopic (exact) mass is 856 g/mol. The maximum atomic E-state index is 14.5. The van der Waals surface area contributed by atoms with E-state index in [-0.39, 0.29) is 23.5 Å². The summed E-state index contributed by atoms with van der Waals surface area (Å²) < 4.78 is 39.2. The molecule has 1 N–H and O–H groups in total. The van der Waals surface area contributed by atoms with Crippen LogP contribution in [0.1, 0.15) is 61.8 Å². The number of anilines is 4. The van der Waals surface area contributed by atoms with Crippen molar-refractivity contribution in [1.82, 2.24) is 24.9 Å². The van der Waals surface area contributed by atoms with Crippen molar-refractivity contribution in [3.05, 3.63) is 124 Å². The van der Waals surface area contributed by atoms with E-state index in [9.17, 15) is 8.78 Å². The summed E-state index contributed by atoms with van der Waals surface area (Å²) in [5.41, 5.74) is 11.1. The van der Waals surface area contributed by atoms with Crippen LogP contribution in [-0.4, -0.2) is 77.5 Å². The minimum atomic E-state index is -0.323. The molecule has 0 atom stereocenters. The lowest BCUT2D eigenvalue weighted by Gasteiger charge is -2.32. The number of aromatic nitrogens is 5. The van der Waals surface area contributed by atoms with Crippen molar-refractivity contribution in [1.29, 1.82) is 0 Å². The SMILES string of the molecule is Cc1ccnc(-c2nc3cc(F)ccc3c(Cl)c2C(C)C)c1.Cc1ccnc(-c2nc3cc(F)ccc3c(Nc3cc(N4CCOCC4)cnc3N3CCOCC3)c2C(C)C)c1. The summed E-state index contributed by atoms with van der Waals surface area (Å²) in [4.78, 5) is 28.2. The van der Waals surface area contributed by atoms with E-state index < -0.39 is 0 Å². The van der Waals surface area contributed by atoms with Crippen molar-refractivity contribution >= 4 is 56.3 Å². The van der Waals surface area contributed by atoms with Crippen LogP contribution in [0.4, 0.5) is 31.7 Å². The molecule has 7 aromatic rings. The highest BCUT2D eigenvalue weighted by atomic mass is 35.5. The largest absolute Gasteiger partial charge is 0.378 e. The Hall–Kier alpha value is -5.82. The first-order valence-corrected chi connectivity index (χ1v) is 21.5. The number of ether oxygens (including phenoxy) is 2. The average Bonchev–Trinajstić information content (AvgIpc) is 3.26. The number of rotatable bonds is 8. The smallest absolute Gasteiger partial charge is 0.152 e. The van der Waals surface area contributed by atoms with E-state index in [1.54, 1.807) is 18.5 Å². The molecular weight excluding hydrogens is 806 g/mol. The summed E-state index contributed by atoms with van der Waals surface area (Å²) in [7, 11) is 0. The summed E-state index contributed by atoms with van der Waals surface area (Å²) >= 11 is 6.59. The lowest BCUT2D eigenvalue weighted by atomic mass is 9.94. The third kappa shape index (κ3) is 9.18. The van der Waals surface area contributed by atoms with Crippen LogP contribution in [0, 0.1) is 25.5 Å². The van der Waals surface area contributed by atoms with Gasteiger partial charge in [0, 0.05) is 72.6 Å². The molecule has 320 valence electrons. The van der Waals surface area contributed by atoms with Gasteiger partial charge in [-0.05, 0) is 91.4 Å². The van der Waals surface area contributed by atoms with E-state index in [1.165, 1.54) is 24.3 Å². The standard InChI is InChI=1S/C31H35FN6O2.C18H16ClFN2/c1-20(2)28-29(24-5-4-22(32)17-25(24)35-30(28)26-16-21(3)6-7-33-26)36-27-18-23(37-8-12-39-13-9-37)19-34-31(27)38-10-14-40-15-11-38;1-10(2)16-17(19)13-5-4-12(20)9-14(13)22-18(16)15-8-11(3)6-7-21-15/h4-7,16-20H,8-15H2,1-3H3,(H,35,36);4-10H,1-3H3. The maximum Gasteiger partial charge on any atom is 0.152 e. The molecule has 2 aliphatic heterocycles. The molecule has 13 heteroatoms. The zero-order chi connectivity index (χ0) is 43.5. The Balaban J connectivity index is 0.000000203. The predicted octanol–water partition coefficient (Wildman–Crippen LogP) is 11.2. The van der Waals surface area contributed by atoms with Gasteiger partial charge in [-0.15, -0.1) is 0 Å². The van der Waals surface area contributed by atoms with Gasteiger partial charge in [-0.25, -0.2) is 23.7 Å². The normalized spacial score (nSPS) is 14.4. The Bertz CT molecular complexity index is 2740. The third-order valence-corrected chi connectivity index (χ3v) is 11.6. The van der Waals surface area contributed by atoms with Gasteiger partial charge < -0.3 is 24.6 Å². The fraction of sp³-hybridized carbons (Fsp3) is 0.327. The molecule has 10 nitrogen and oxygen atoms in total. The molecule has 0 bridgehead atoms. The molecule has 0 amide bonds. The summed E-state index contributed by atoms with van der Waals surface area (Å²) in [6, 6.07) is 19.4. The first kappa shape index (κ1) is 42.9. The van der Waals surface area contributed by atoms with Crippen molar-refractivity contribution in [2.45, 2.75) is 53.4 Å². The lowest BCUT2D eigenvalue weighted by Crippen LogP contribution is -2.38. The van der Waals surface area contributed by atoms with Gasteiger partial charge in [0.1, 0.15) is 11.6 Å². The molecule has 5 aromatic heterocycles. The fourth-order valence-corrected chi connectivity index (χ4v) is 8.57. The quantitative estimate of drug-likeness (QED) is 0.159. The second-order valence-corrected chi connectivity index (χ2v) is 16.8. The molecular formula is C49H51ClF2N8O2. The van der Waals surface area contributed by atoms with Crippen LogP contribution in [0.5, 0.6) is 0 Å². The molecule has 62 heavy (non-hydrogen) atoms. The Morgan fingerprint density at radius 1 is 0.629 bits per heavy atom. The van der Waals surface area contributed by atoms with Gasteiger partial charge in [-0.1, -0.05) is 39.3 Å². The summed E-state index contributed by atoms with van der Waals surface area (Å²) in [6.07, 6.45) is 5.50. The second kappa shape index (κ2) is 18.7. The van der Waals surface area contributed by atoms with Crippen LogP contribution in [0.25, 0.3) is 44.6 Å². The molecule has 9 rings (SSSR count). The minimum absolute atomic E-state index is 0.115. The average molecular weight is 857 g/mol. The van der Waals surface area contributed by atoms with Gasteiger partial charge in [0.05, 0.1) is 88.5 Å². The van der Waals surface area contributed by atoms with E-state index in [0.29, 0.717) is 42.5 Å². The number of pyridine rings is 5. The molecule has 2 aliphatic rings. The van der Waals surface area contributed by atoms with Crippen LogP contribution in [0.2, 0.25) is 5.02 Å². The minimum Gasteiger partial charge on any atom is -0.378 e. The zero-order valence-corrected chi connectivity index (χ0v) is 36.7. The topological polar surface area (TPSA) is 101 Å². The van der Waals surface area contributed by atoms with Crippen LogP contribution in [0.3, 0.4) is 0 Å². The van der Waals surface area contributed by atoms with Crippen LogP contribution < -0.4 is 15.1 Å².